The molecule has 3 aromatic rings. The Hall–Kier alpha value is -3.18. The number of ether oxygens (including phenoxy) is 1. The molecule has 0 saturated heterocycles. The van der Waals surface area contributed by atoms with E-state index in [2.05, 4.69) is 79.3 Å². The van der Waals surface area contributed by atoms with Gasteiger partial charge in [0.2, 0.25) is 0 Å². The summed E-state index contributed by atoms with van der Waals surface area (Å²) >= 11 is 3.74. The maximum Gasteiger partial charge on any atom is 0.162 e. The zero-order valence-corrected chi connectivity index (χ0v) is 24.6. The van der Waals surface area contributed by atoms with Crippen molar-refractivity contribution in [1.29, 1.82) is 0 Å². The van der Waals surface area contributed by atoms with Crippen LogP contribution in [-0.4, -0.2) is 11.6 Å². The largest absolute Gasteiger partial charge is 0.488 e. The predicted molar refractivity (Wildman–Crippen MR) is 158 cm³/mol. The number of allylic oxidation sites excluding steroid dienone is 4. The predicted octanol–water partition coefficient (Wildman–Crippen LogP) is 8.15. The van der Waals surface area contributed by atoms with E-state index in [0.717, 1.165) is 56.7 Å². The third-order valence-corrected chi connectivity index (χ3v) is 8.89. The number of fused-ring (bicyclic) bond motifs is 1. The molecule has 6 rings (SSSR count). The summed E-state index contributed by atoms with van der Waals surface area (Å²) in [5.74, 6) is 0.647. The molecule has 0 amide bonds. The number of dihydropyridines is 1. The lowest BCUT2D eigenvalue weighted by molar-refractivity contribution is -0.119. The molecule has 3 aliphatic rings. The summed E-state index contributed by atoms with van der Waals surface area (Å²) in [5.41, 5.74) is 5.34. The van der Waals surface area contributed by atoms with Crippen LogP contribution < -0.4 is 10.1 Å². The minimum absolute atomic E-state index is 0.111. The molecule has 1 aliphatic heterocycles. The fourth-order valence-corrected chi connectivity index (χ4v) is 7.12. The van der Waals surface area contributed by atoms with E-state index in [1.165, 1.54) is 10.8 Å². The highest BCUT2D eigenvalue weighted by molar-refractivity contribution is 9.10. The summed E-state index contributed by atoms with van der Waals surface area (Å²) in [6, 6.07) is 20.6. The van der Waals surface area contributed by atoms with Gasteiger partial charge < -0.3 is 10.1 Å². The van der Waals surface area contributed by atoms with Gasteiger partial charge in [-0.1, -0.05) is 76.2 Å². The van der Waals surface area contributed by atoms with E-state index < -0.39 is 0 Å². The highest BCUT2D eigenvalue weighted by atomic mass is 79.9. The van der Waals surface area contributed by atoms with E-state index >= 15 is 0 Å². The van der Waals surface area contributed by atoms with Gasteiger partial charge in [-0.25, -0.2) is 0 Å². The van der Waals surface area contributed by atoms with Crippen molar-refractivity contribution in [1.82, 2.24) is 5.32 Å². The fraction of sp³-hybridized carbons (Fsp3) is 0.353. The third kappa shape index (κ3) is 4.86. The van der Waals surface area contributed by atoms with Gasteiger partial charge in [0.1, 0.15) is 12.4 Å². The first-order valence-corrected chi connectivity index (χ1v) is 14.5. The number of hydrogen-bond acceptors (Lipinski definition) is 4. The van der Waals surface area contributed by atoms with E-state index in [1.807, 2.05) is 30.3 Å². The molecule has 1 heterocycles. The molecule has 5 heteroatoms. The van der Waals surface area contributed by atoms with Crippen molar-refractivity contribution in [3.8, 4) is 5.75 Å². The van der Waals surface area contributed by atoms with Crippen molar-refractivity contribution < 1.29 is 14.3 Å². The average Bonchev–Trinajstić information content (AvgIpc) is 2.85. The second-order valence-electron chi connectivity index (χ2n) is 12.8. The Kier molecular flexibility index (Phi) is 6.33. The highest BCUT2D eigenvalue weighted by Crippen LogP contribution is 2.51. The van der Waals surface area contributed by atoms with E-state index in [4.69, 9.17) is 4.74 Å². The molecule has 2 aliphatic carbocycles. The molecule has 0 bridgehead atoms. The maximum atomic E-state index is 13.6. The van der Waals surface area contributed by atoms with Gasteiger partial charge in [-0.15, -0.1) is 0 Å². The second-order valence-corrected chi connectivity index (χ2v) is 13.7. The van der Waals surface area contributed by atoms with Gasteiger partial charge in [0.05, 0.1) is 4.47 Å². The minimum atomic E-state index is -0.355. The quantitative estimate of drug-likeness (QED) is 0.336. The van der Waals surface area contributed by atoms with Crippen molar-refractivity contribution in [3.63, 3.8) is 0 Å². The Morgan fingerprint density at radius 1 is 0.821 bits per heavy atom. The molecule has 0 spiro atoms. The summed E-state index contributed by atoms with van der Waals surface area (Å²) in [4.78, 5) is 27.2. The van der Waals surface area contributed by atoms with Crippen LogP contribution >= 0.6 is 15.9 Å². The number of halogens is 1. The van der Waals surface area contributed by atoms with Crippen molar-refractivity contribution >= 4 is 38.3 Å². The lowest BCUT2D eigenvalue weighted by Crippen LogP contribution is -2.42. The first-order chi connectivity index (χ1) is 18.5. The minimum Gasteiger partial charge on any atom is -0.488 e. The summed E-state index contributed by atoms with van der Waals surface area (Å²) in [7, 11) is 0. The molecule has 0 saturated carbocycles. The SMILES string of the molecule is CC1(C)CC(=O)C2=C(C1)NC1=C(C(=O)CC(C)(C)C1)C2c1ccc(OCc2cccc3ccccc23)c(Br)c1. The number of carbonyl (C=O) groups excluding carboxylic acids is 2. The van der Waals surface area contributed by atoms with Crippen LogP contribution in [0, 0.1) is 10.8 Å². The molecular weight excluding hydrogens is 550 g/mol. The molecule has 39 heavy (non-hydrogen) atoms. The summed E-state index contributed by atoms with van der Waals surface area (Å²) in [6.07, 6.45) is 2.56. The van der Waals surface area contributed by atoms with Gasteiger partial charge >= 0.3 is 0 Å². The Morgan fingerprint density at radius 2 is 1.44 bits per heavy atom. The monoisotopic (exact) mass is 583 g/mol. The number of hydrogen-bond donors (Lipinski definition) is 1. The molecule has 0 fully saturated rings. The van der Waals surface area contributed by atoms with Crippen molar-refractivity contribution in [2.75, 3.05) is 0 Å². The van der Waals surface area contributed by atoms with E-state index in [0.29, 0.717) is 19.4 Å². The number of nitrogens with one attached hydrogen (secondary N) is 1. The van der Waals surface area contributed by atoms with Gasteiger partial charge in [0, 0.05) is 41.3 Å². The number of ketones is 2. The lowest BCUT2D eigenvalue weighted by Gasteiger charge is -2.44. The Morgan fingerprint density at radius 3 is 2.08 bits per heavy atom. The van der Waals surface area contributed by atoms with Crippen LogP contribution in [0.5, 0.6) is 5.75 Å². The van der Waals surface area contributed by atoms with Crippen molar-refractivity contribution in [2.24, 2.45) is 10.8 Å². The van der Waals surface area contributed by atoms with E-state index in [1.54, 1.807) is 0 Å². The highest BCUT2D eigenvalue weighted by Gasteiger charge is 2.46. The van der Waals surface area contributed by atoms with Crippen LogP contribution in [0.1, 0.15) is 70.4 Å². The standard InChI is InChI=1S/C34H34BrNO3/c1-33(2)15-25-31(27(37)17-33)30(32-26(36-25)16-34(3,4)18-28(32)38)21-12-13-29(24(35)14-21)39-19-22-10-7-9-20-8-5-6-11-23(20)22/h5-14,30,36H,15-19H2,1-4H3. The molecular formula is C34H34BrNO3. The second kappa shape index (κ2) is 9.48. The van der Waals surface area contributed by atoms with Crippen LogP contribution in [0.15, 0.2) is 87.7 Å². The smallest absolute Gasteiger partial charge is 0.162 e. The van der Waals surface area contributed by atoms with Crippen LogP contribution in [-0.2, 0) is 16.2 Å². The Bertz CT molecular complexity index is 1540. The molecule has 0 radical (unpaired) electrons. The van der Waals surface area contributed by atoms with Crippen molar-refractivity contribution in [3.05, 3.63) is 98.8 Å². The Balaban J connectivity index is 1.36. The summed E-state index contributed by atoms with van der Waals surface area (Å²) < 4.78 is 7.08. The van der Waals surface area contributed by atoms with E-state index in [9.17, 15) is 9.59 Å². The average molecular weight is 585 g/mol. The molecule has 0 aromatic heterocycles. The molecule has 0 unspecified atom stereocenters. The molecule has 200 valence electrons. The number of carbonyl (C=O) groups is 2. The summed E-state index contributed by atoms with van der Waals surface area (Å²) in [5, 5.41) is 5.96. The first-order valence-electron chi connectivity index (χ1n) is 13.7. The molecule has 4 nitrogen and oxygen atoms in total. The first kappa shape index (κ1) is 26.1. The maximum absolute atomic E-state index is 13.6. The number of Topliss-reactive ketones (excluding diaryl/α,β-unsaturated/α-hetero) is 2. The van der Waals surface area contributed by atoms with Gasteiger partial charge in [0.15, 0.2) is 11.6 Å². The number of rotatable bonds is 4. The van der Waals surface area contributed by atoms with Crippen LogP contribution in [0.25, 0.3) is 10.8 Å². The molecule has 0 atom stereocenters. The van der Waals surface area contributed by atoms with Gasteiger partial charge in [-0.2, -0.15) is 0 Å². The Labute approximate surface area is 238 Å². The van der Waals surface area contributed by atoms with Crippen LogP contribution in [0.4, 0.5) is 0 Å². The van der Waals surface area contributed by atoms with Crippen LogP contribution in [0.3, 0.4) is 0 Å². The number of benzene rings is 3. The molecule has 1 N–H and O–H groups in total. The molecule has 3 aromatic carbocycles. The summed E-state index contributed by atoms with van der Waals surface area (Å²) in [6.45, 7) is 9.01. The fourth-order valence-electron chi connectivity index (χ4n) is 6.61. The van der Waals surface area contributed by atoms with Gasteiger partial charge in [-0.3, -0.25) is 9.59 Å². The third-order valence-electron chi connectivity index (χ3n) is 8.27. The van der Waals surface area contributed by atoms with Crippen LogP contribution in [0.2, 0.25) is 0 Å². The zero-order chi connectivity index (χ0) is 27.5. The lowest BCUT2D eigenvalue weighted by atomic mass is 9.64. The zero-order valence-electron chi connectivity index (χ0n) is 23.0. The van der Waals surface area contributed by atoms with E-state index in [-0.39, 0.29) is 28.3 Å². The van der Waals surface area contributed by atoms with Crippen molar-refractivity contribution in [2.45, 2.75) is 65.9 Å². The van der Waals surface area contributed by atoms with Gasteiger partial charge in [0.25, 0.3) is 0 Å². The topological polar surface area (TPSA) is 55.4 Å². The normalized spacial score (nSPS) is 20.5. The van der Waals surface area contributed by atoms with Gasteiger partial charge in [-0.05, 0) is 73.6 Å².